The van der Waals surface area contributed by atoms with Crippen LogP contribution in [0.1, 0.15) is 16.1 Å². The quantitative estimate of drug-likeness (QED) is 0.700. The predicted molar refractivity (Wildman–Crippen MR) is 108 cm³/mol. The number of carbonyl (C=O) groups is 2. The Kier molecular flexibility index (Phi) is 5.63. The van der Waals surface area contributed by atoms with Gasteiger partial charge in [0.2, 0.25) is 5.76 Å². The number of hydrogen-bond donors (Lipinski definition) is 1. The highest BCUT2D eigenvalue weighted by atomic mass is 16.5. The molecule has 8 heteroatoms. The van der Waals surface area contributed by atoms with Crippen LogP contribution in [0.15, 0.2) is 52.9 Å². The molecule has 1 saturated heterocycles. The highest BCUT2D eigenvalue weighted by molar-refractivity contribution is 6.11. The number of morpholine rings is 1. The number of furan rings is 1. The van der Waals surface area contributed by atoms with Gasteiger partial charge in [0, 0.05) is 18.5 Å². The summed E-state index contributed by atoms with van der Waals surface area (Å²) in [6.45, 7) is 1.51. The average molecular weight is 405 g/mol. The van der Waals surface area contributed by atoms with Crippen molar-refractivity contribution in [3.63, 3.8) is 0 Å². The molecule has 8 nitrogen and oxygen atoms in total. The number of anilines is 1. The van der Waals surface area contributed by atoms with Crippen LogP contribution in [-0.4, -0.2) is 49.6 Å². The summed E-state index contributed by atoms with van der Waals surface area (Å²) in [6.07, 6.45) is 0. The summed E-state index contributed by atoms with van der Waals surface area (Å²) in [7, 11) is 0. The van der Waals surface area contributed by atoms with E-state index in [1.165, 1.54) is 0 Å². The Labute approximate surface area is 172 Å². The minimum Gasteiger partial charge on any atom is -0.482 e. The van der Waals surface area contributed by atoms with E-state index in [-0.39, 0.29) is 18.3 Å². The van der Waals surface area contributed by atoms with Gasteiger partial charge in [0.25, 0.3) is 11.8 Å². The topological polar surface area (TPSA) is 105 Å². The molecule has 0 atom stereocenters. The van der Waals surface area contributed by atoms with Gasteiger partial charge < -0.3 is 24.1 Å². The number of hydrogen-bond acceptors (Lipinski definition) is 6. The van der Waals surface area contributed by atoms with Crippen molar-refractivity contribution in [2.24, 2.45) is 0 Å². The molecule has 0 aliphatic carbocycles. The van der Waals surface area contributed by atoms with Gasteiger partial charge in [-0.1, -0.05) is 24.3 Å². The number of nitrogens with zero attached hydrogens (tertiary/aromatic N) is 2. The van der Waals surface area contributed by atoms with Crippen molar-refractivity contribution < 1.29 is 23.5 Å². The Hall–Kier alpha value is -3.83. The zero-order valence-electron chi connectivity index (χ0n) is 16.1. The van der Waals surface area contributed by atoms with Crippen LogP contribution in [0.25, 0.3) is 11.0 Å². The number of nitriles is 1. The van der Waals surface area contributed by atoms with Gasteiger partial charge in [0.05, 0.1) is 18.8 Å². The fourth-order valence-corrected chi connectivity index (χ4v) is 3.23. The van der Waals surface area contributed by atoms with Crippen molar-refractivity contribution in [2.45, 2.75) is 0 Å². The molecule has 1 fully saturated rings. The first-order valence-corrected chi connectivity index (χ1v) is 9.47. The fourth-order valence-electron chi connectivity index (χ4n) is 3.23. The minimum absolute atomic E-state index is 0.0730. The van der Waals surface area contributed by atoms with Crippen LogP contribution < -0.4 is 10.1 Å². The van der Waals surface area contributed by atoms with E-state index >= 15 is 0 Å². The Morgan fingerprint density at radius 2 is 1.83 bits per heavy atom. The molecule has 0 bridgehead atoms. The molecule has 2 heterocycles. The van der Waals surface area contributed by atoms with Gasteiger partial charge in [0.1, 0.15) is 23.1 Å². The van der Waals surface area contributed by atoms with Gasteiger partial charge >= 0.3 is 0 Å². The molecule has 4 rings (SSSR count). The molecule has 2 aromatic carbocycles. The van der Waals surface area contributed by atoms with E-state index in [2.05, 4.69) is 5.32 Å². The summed E-state index contributed by atoms with van der Waals surface area (Å²) in [5.74, 6) is -0.383. The van der Waals surface area contributed by atoms with Crippen molar-refractivity contribution in [3.8, 4) is 11.8 Å². The molecule has 152 valence electrons. The summed E-state index contributed by atoms with van der Waals surface area (Å²) in [4.78, 5) is 27.2. The molecule has 0 spiro atoms. The maximum Gasteiger partial charge on any atom is 0.291 e. The lowest BCUT2D eigenvalue weighted by Gasteiger charge is -2.26. The van der Waals surface area contributed by atoms with Crippen LogP contribution >= 0.6 is 0 Å². The number of carbonyl (C=O) groups excluding carboxylic acids is 2. The standard InChI is InChI=1S/C22H19N3O5/c23-13-15-5-1-3-7-17(15)29-14-19(26)24-20-16-6-2-4-8-18(16)30-21(20)22(27)25-9-11-28-12-10-25/h1-8H,9-12,14H2,(H,24,26). The number of fused-ring (bicyclic) bond motifs is 1. The van der Waals surface area contributed by atoms with Crippen LogP contribution in [0.2, 0.25) is 0 Å². The van der Waals surface area contributed by atoms with Gasteiger partial charge in [-0.2, -0.15) is 5.26 Å². The van der Waals surface area contributed by atoms with E-state index < -0.39 is 5.91 Å². The second-order valence-electron chi connectivity index (χ2n) is 6.65. The van der Waals surface area contributed by atoms with Gasteiger partial charge in [-0.25, -0.2) is 0 Å². The third kappa shape index (κ3) is 3.97. The summed E-state index contributed by atoms with van der Waals surface area (Å²) in [5, 5.41) is 12.5. The summed E-state index contributed by atoms with van der Waals surface area (Å²) < 4.78 is 16.6. The monoisotopic (exact) mass is 405 g/mol. The van der Waals surface area contributed by atoms with E-state index in [0.717, 1.165) is 0 Å². The maximum atomic E-state index is 13.0. The van der Waals surface area contributed by atoms with Crippen LogP contribution in [-0.2, 0) is 9.53 Å². The predicted octanol–water partition coefficient (Wildman–Crippen LogP) is 2.79. The minimum atomic E-state index is -0.467. The fraction of sp³-hybridized carbons (Fsp3) is 0.227. The molecular weight excluding hydrogens is 386 g/mol. The Morgan fingerprint density at radius 1 is 1.10 bits per heavy atom. The van der Waals surface area contributed by atoms with E-state index in [9.17, 15) is 9.59 Å². The van der Waals surface area contributed by atoms with Crippen molar-refractivity contribution in [1.82, 2.24) is 4.90 Å². The zero-order chi connectivity index (χ0) is 20.9. The number of para-hydroxylation sites is 2. The van der Waals surface area contributed by atoms with Crippen LogP contribution in [0.5, 0.6) is 5.75 Å². The third-order valence-electron chi connectivity index (χ3n) is 4.72. The second kappa shape index (κ2) is 8.68. The van der Waals surface area contributed by atoms with Crippen molar-refractivity contribution >= 4 is 28.5 Å². The van der Waals surface area contributed by atoms with Crippen LogP contribution in [0, 0.1) is 11.3 Å². The Balaban J connectivity index is 1.56. The lowest BCUT2D eigenvalue weighted by molar-refractivity contribution is -0.118. The molecule has 1 aliphatic rings. The molecule has 0 unspecified atom stereocenters. The van der Waals surface area contributed by atoms with Crippen molar-refractivity contribution in [3.05, 3.63) is 59.9 Å². The molecule has 1 aromatic heterocycles. The smallest absolute Gasteiger partial charge is 0.291 e. The van der Waals surface area contributed by atoms with Gasteiger partial charge in [-0.15, -0.1) is 0 Å². The zero-order valence-corrected chi connectivity index (χ0v) is 16.1. The Morgan fingerprint density at radius 3 is 2.63 bits per heavy atom. The first-order chi connectivity index (χ1) is 14.7. The molecule has 2 amide bonds. The average Bonchev–Trinajstić information content (AvgIpc) is 3.16. The van der Waals surface area contributed by atoms with Crippen LogP contribution in [0.4, 0.5) is 5.69 Å². The highest BCUT2D eigenvalue weighted by Gasteiger charge is 2.27. The van der Waals surface area contributed by atoms with Gasteiger partial charge in [0.15, 0.2) is 6.61 Å². The summed E-state index contributed by atoms with van der Waals surface area (Å²) in [6, 6.07) is 15.8. The molecule has 1 aliphatic heterocycles. The van der Waals surface area contributed by atoms with Crippen molar-refractivity contribution in [1.29, 1.82) is 5.26 Å². The largest absolute Gasteiger partial charge is 0.482 e. The van der Waals surface area contributed by atoms with E-state index in [0.29, 0.717) is 54.3 Å². The maximum absolute atomic E-state index is 13.0. The molecule has 1 N–H and O–H groups in total. The third-order valence-corrected chi connectivity index (χ3v) is 4.72. The normalized spacial score (nSPS) is 13.6. The number of amides is 2. The number of benzene rings is 2. The van der Waals surface area contributed by atoms with E-state index in [4.69, 9.17) is 19.2 Å². The summed E-state index contributed by atoms with van der Waals surface area (Å²) >= 11 is 0. The lowest BCUT2D eigenvalue weighted by Crippen LogP contribution is -2.40. The van der Waals surface area contributed by atoms with E-state index in [1.54, 1.807) is 53.4 Å². The summed E-state index contributed by atoms with van der Waals surface area (Å²) in [5.41, 5.74) is 1.15. The number of ether oxygens (including phenoxy) is 2. The van der Waals surface area contributed by atoms with Gasteiger partial charge in [-0.3, -0.25) is 9.59 Å². The van der Waals surface area contributed by atoms with E-state index in [1.807, 2.05) is 6.07 Å². The second-order valence-corrected chi connectivity index (χ2v) is 6.65. The first-order valence-electron chi connectivity index (χ1n) is 9.47. The first kappa shape index (κ1) is 19.5. The number of rotatable bonds is 5. The number of nitrogens with one attached hydrogen (secondary N) is 1. The molecule has 30 heavy (non-hydrogen) atoms. The van der Waals surface area contributed by atoms with Crippen LogP contribution in [0.3, 0.4) is 0 Å². The van der Waals surface area contributed by atoms with Gasteiger partial charge in [-0.05, 0) is 24.3 Å². The molecule has 3 aromatic rings. The molecular formula is C22H19N3O5. The SMILES string of the molecule is N#Cc1ccccc1OCC(=O)Nc1c(C(=O)N2CCOCC2)oc2ccccc12. The lowest BCUT2D eigenvalue weighted by atomic mass is 10.2. The molecule has 0 saturated carbocycles. The van der Waals surface area contributed by atoms with Crippen molar-refractivity contribution in [2.75, 3.05) is 38.2 Å². The molecule has 0 radical (unpaired) electrons. The highest BCUT2D eigenvalue weighted by Crippen LogP contribution is 2.32. The Bertz CT molecular complexity index is 1130.